The summed E-state index contributed by atoms with van der Waals surface area (Å²) in [7, 11) is 0.339. The van der Waals surface area contributed by atoms with Crippen LogP contribution in [0.25, 0.3) is 0 Å². The lowest BCUT2D eigenvalue weighted by Crippen LogP contribution is -2.40. The zero-order valence-electron chi connectivity index (χ0n) is 15.0. The average molecular weight is 369 g/mol. The van der Waals surface area contributed by atoms with Gasteiger partial charge in [0, 0.05) is 31.9 Å². The SMILES string of the molecule is CCC1OC(n2cc(C)c(=O)n(C)c2=O)CC1OP(C)OCCC#N. The van der Waals surface area contributed by atoms with Gasteiger partial charge in [-0.15, -0.1) is 0 Å². The van der Waals surface area contributed by atoms with Gasteiger partial charge in [0.25, 0.3) is 5.56 Å². The summed E-state index contributed by atoms with van der Waals surface area (Å²) in [5.74, 6) is 0. The number of hydrogen-bond donors (Lipinski definition) is 0. The number of hydrogen-bond acceptors (Lipinski definition) is 6. The number of aromatic nitrogens is 2. The standard InChI is InChI=1S/C16H24N3O5P/c1-5-12-13(24-25(4)22-8-6-7-17)9-14(23-12)19-10-11(2)15(20)18(3)16(19)21/h10,12-14H,5-6,8-9H2,1-4H3. The second-order valence-electron chi connectivity index (χ2n) is 5.96. The zero-order valence-corrected chi connectivity index (χ0v) is 15.9. The molecule has 0 radical (unpaired) electrons. The molecule has 0 spiro atoms. The molecule has 2 heterocycles. The molecule has 1 aliphatic rings. The van der Waals surface area contributed by atoms with Crippen molar-refractivity contribution in [1.82, 2.24) is 9.13 Å². The average Bonchev–Trinajstić information content (AvgIpc) is 2.99. The molecule has 0 saturated carbocycles. The van der Waals surface area contributed by atoms with Gasteiger partial charge in [-0.3, -0.25) is 13.9 Å². The summed E-state index contributed by atoms with van der Waals surface area (Å²) >= 11 is 0. The van der Waals surface area contributed by atoms with Crippen LogP contribution in [0.5, 0.6) is 0 Å². The lowest BCUT2D eigenvalue weighted by Gasteiger charge is -2.20. The largest absolute Gasteiger partial charge is 0.352 e. The van der Waals surface area contributed by atoms with Crippen LogP contribution < -0.4 is 11.2 Å². The highest BCUT2D eigenvalue weighted by atomic mass is 31.2. The second kappa shape index (κ2) is 8.72. The third-order valence-corrected chi connectivity index (χ3v) is 5.26. The van der Waals surface area contributed by atoms with Gasteiger partial charge in [0.15, 0.2) is 8.38 Å². The Bertz CT molecular complexity index is 754. The van der Waals surface area contributed by atoms with Crippen LogP contribution >= 0.6 is 8.38 Å². The van der Waals surface area contributed by atoms with Crippen LogP contribution in [-0.2, 0) is 20.8 Å². The van der Waals surface area contributed by atoms with Gasteiger partial charge in [-0.25, -0.2) is 4.79 Å². The number of rotatable bonds is 7. The first-order valence-electron chi connectivity index (χ1n) is 8.23. The highest BCUT2D eigenvalue weighted by Crippen LogP contribution is 2.42. The molecule has 4 atom stereocenters. The molecule has 8 nitrogen and oxygen atoms in total. The molecule has 0 aromatic carbocycles. The molecule has 0 aliphatic carbocycles. The molecule has 138 valence electrons. The molecule has 2 rings (SSSR count). The number of ether oxygens (including phenoxy) is 1. The molecular formula is C16H24N3O5P. The quantitative estimate of drug-likeness (QED) is 0.537. The molecular weight excluding hydrogens is 345 g/mol. The van der Waals surface area contributed by atoms with Crippen molar-refractivity contribution < 1.29 is 13.8 Å². The Morgan fingerprint density at radius 3 is 2.84 bits per heavy atom. The predicted molar refractivity (Wildman–Crippen MR) is 93.4 cm³/mol. The normalized spacial score (nSPS) is 24.2. The number of nitriles is 1. The summed E-state index contributed by atoms with van der Waals surface area (Å²) in [4.78, 5) is 24.2. The van der Waals surface area contributed by atoms with Crippen molar-refractivity contribution in [3.8, 4) is 6.07 Å². The van der Waals surface area contributed by atoms with Crippen molar-refractivity contribution in [2.45, 2.75) is 51.5 Å². The Labute approximate surface area is 147 Å². The first kappa shape index (κ1) is 19.8. The first-order chi connectivity index (χ1) is 11.9. The molecule has 9 heteroatoms. The first-order valence-corrected chi connectivity index (χ1v) is 9.86. The summed E-state index contributed by atoms with van der Waals surface area (Å²) in [6.45, 7) is 5.85. The Balaban J connectivity index is 2.12. The van der Waals surface area contributed by atoms with Gasteiger partial charge in [-0.2, -0.15) is 5.26 Å². The van der Waals surface area contributed by atoms with Crippen LogP contribution in [0.15, 0.2) is 15.8 Å². The van der Waals surface area contributed by atoms with Gasteiger partial charge in [-0.05, 0) is 13.3 Å². The van der Waals surface area contributed by atoms with E-state index in [-0.39, 0.29) is 17.8 Å². The number of nitrogens with zero attached hydrogens (tertiary/aromatic N) is 3. The smallest absolute Gasteiger partial charge is 0.332 e. The summed E-state index contributed by atoms with van der Waals surface area (Å²) < 4.78 is 20.0. The Morgan fingerprint density at radius 1 is 1.48 bits per heavy atom. The van der Waals surface area contributed by atoms with Crippen LogP contribution in [0.4, 0.5) is 0 Å². The highest BCUT2D eigenvalue weighted by molar-refractivity contribution is 7.46. The lowest BCUT2D eigenvalue weighted by atomic mass is 10.1. The lowest BCUT2D eigenvalue weighted by molar-refractivity contribution is -0.0187. The van der Waals surface area contributed by atoms with Crippen molar-refractivity contribution >= 4 is 8.38 Å². The molecule has 1 fully saturated rings. The van der Waals surface area contributed by atoms with E-state index in [4.69, 9.17) is 19.0 Å². The van der Waals surface area contributed by atoms with Crippen LogP contribution in [0.1, 0.15) is 38.0 Å². The van der Waals surface area contributed by atoms with E-state index >= 15 is 0 Å². The highest BCUT2D eigenvalue weighted by Gasteiger charge is 2.38. The van der Waals surface area contributed by atoms with Gasteiger partial charge in [-0.1, -0.05) is 6.92 Å². The third kappa shape index (κ3) is 4.56. The van der Waals surface area contributed by atoms with Crippen LogP contribution in [0.2, 0.25) is 0 Å². The second-order valence-corrected chi connectivity index (χ2v) is 7.31. The van der Waals surface area contributed by atoms with Crippen LogP contribution in [-0.4, -0.2) is 34.6 Å². The fourth-order valence-corrected chi connectivity index (χ4v) is 3.85. The van der Waals surface area contributed by atoms with Gasteiger partial charge >= 0.3 is 5.69 Å². The van der Waals surface area contributed by atoms with E-state index in [1.54, 1.807) is 13.1 Å². The van der Waals surface area contributed by atoms with Crippen LogP contribution in [0.3, 0.4) is 0 Å². The fourth-order valence-electron chi connectivity index (χ4n) is 2.84. The van der Waals surface area contributed by atoms with Crippen molar-refractivity contribution in [2.75, 3.05) is 13.3 Å². The Kier molecular flexibility index (Phi) is 6.91. The fraction of sp³-hybridized carbons (Fsp3) is 0.688. The van der Waals surface area contributed by atoms with Gasteiger partial charge in [0.2, 0.25) is 0 Å². The molecule has 25 heavy (non-hydrogen) atoms. The molecule has 0 amide bonds. The summed E-state index contributed by atoms with van der Waals surface area (Å²) in [6.07, 6.45) is 2.28. The van der Waals surface area contributed by atoms with E-state index < -0.39 is 20.3 Å². The molecule has 0 N–H and O–H groups in total. The summed E-state index contributed by atoms with van der Waals surface area (Å²) in [5.41, 5.74) is -0.220. The van der Waals surface area contributed by atoms with E-state index in [0.29, 0.717) is 25.0 Å². The molecule has 1 aliphatic heterocycles. The van der Waals surface area contributed by atoms with Crippen molar-refractivity contribution in [1.29, 1.82) is 5.26 Å². The van der Waals surface area contributed by atoms with E-state index in [2.05, 4.69) is 0 Å². The van der Waals surface area contributed by atoms with E-state index in [0.717, 1.165) is 11.0 Å². The summed E-state index contributed by atoms with van der Waals surface area (Å²) in [5, 5.41) is 8.55. The maximum Gasteiger partial charge on any atom is 0.332 e. The van der Waals surface area contributed by atoms with Crippen molar-refractivity contribution in [3.05, 3.63) is 32.6 Å². The van der Waals surface area contributed by atoms with Crippen molar-refractivity contribution in [2.24, 2.45) is 7.05 Å². The Morgan fingerprint density at radius 2 is 2.20 bits per heavy atom. The molecule has 4 unspecified atom stereocenters. The van der Waals surface area contributed by atoms with E-state index in [9.17, 15) is 9.59 Å². The zero-order chi connectivity index (χ0) is 18.6. The minimum atomic E-state index is -1.12. The van der Waals surface area contributed by atoms with Gasteiger partial charge < -0.3 is 13.8 Å². The molecule has 1 aromatic heterocycles. The summed E-state index contributed by atoms with van der Waals surface area (Å²) in [6, 6.07) is 2.03. The van der Waals surface area contributed by atoms with E-state index in [1.807, 2.05) is 19.7 Å². The predicted octanol–water partition coefficient (Wildman–Crippen LogP) is 1.81. The maximum absolute atomic E-state index is 12.4. The minimum Gasteiger partial charge on any atom is -0.352 e. The third-order valence-electron chi connectivity index (χ3n) is 4.15. The number of aryl methyl sites for hydroxylation is 1. The van der Waals surface area contributed by atoms with E-state index in [1.165, 1.54) is 11.6 Å². The van der Waals surface area contributed by atoms with Gasteiger partial charge in [0.1, 0.15) is 6.23 Å². The monoisotopic (exact) mass is 369 g/mol. The molecule has 0 bridgehead atoms. The molecule has 1 aromatic rings. The molecule has 1 saturated heterocycles. The minimum absolute atomic E-state index is 0.154. The van der Waals surface area contributed by atoms with Crippen molar-refractivity contribution in [3.63, 3.8) is 0 Å². The Hall–Kier alpha value is -1.52. The van der Waals surface area contributed by atoms with Gasteiger partial charge in [0.05, 0.1) is 31.3 Å². The maximum atomic E-state index is 12.4. The van der Waals surface area contributed by atoms with Crippen LogP contribution in [0, 0.1) is 18.3 Å². The topological polar surface area (TPSA) is 95.5 Å².